The molecule has 1 aromatic carbocycles. The first-order chi connectivity index (χ1) is 10.6. The number of hydrogen-bond acceptors (Lipinski definition) is 2. The standard InChI is InChI=1S/C18H24N2O2/c1-13-9-11-20(12-10-13)18(22)15-7-2-3-8-16(15)19-17(21)14-5-4-6-14/h2-3,7-8,13-14H,4-6,9-12H2,1H3,(H,19,21). The first-order valence-electron chi connectivity index (χ1n) is 8.34. The van der Waals surface area contributed by atoms with Crippen LogP contribution in [0.2, 0.25) is 0 Å². The third-order valence-corrected chi connectivity index (χ3v) is 4.96. The molecule has 1 heterocycles. The molecule has 1 saturated heterocycles. The topological polar surface area (TPSA) is 49.4 Å². The minimum absolute atomic E-state index is 0.0383. The van der Waals surface area contributed by atoms with E-state index >= 15 is 0 Å². The van der Waals surface area contributed by atoms with E-state index in [-0.39, 0.29) is 17.7 Å². The zero-order chi connectivity index (χ0) is 15.5. The Bertz CT molecular complexity index is 558. The van der Waals surface area contributed by atoms with Crippen molar-refractivity contribution < 1.29 is 9.59 Å². The molecule has 4 heteroatoms. The molecule has 2 aliphatic rings. The number of piperidine rings is 1. The summed E-state index contributed by atoms with van der Waals surface area (Å²) in [5.74, 6) is 0.909. The Kier molecular flexibility index (Phi) is 4.46. The van der Waals surface area contributed by atoms with Crippen molar-refractivity contribution >= 4 is 17.5 Å². The third kappa shape index (κ3) is 3.16. The van der Waals surface area contributed by atoms with E-state index in [0.717, 1.165) is 45.2 Å². The Morgan fingerprint density at radius 3 is 2.41 bits per heavy atom. The summed E-state index contributed by atoms with van der Waals surface area (Å²) in [6.07, 6.45) is 5.17. The third-order valence-electron chi connectivity index (χ3n) is 4.96. The van der Waals surface area contributed by atoms with Gasteiger partial charge in [-0.15, -0.1) is 0 Å². The van der Waals surface area contributed by atoms with Crippen LogP contribution < -0.4 is 5.32 Å². The SMILES string of the molecule is CC1CCN(C(=O)c2ccccc2NC(=O)C2CCC2)CC1. The summed E-state index contributed by atoms with van der Waals surface area (Å²) in [6, 6.07) is 7.37. The van der Waals surface area contributed by atoms with Crippen LogP contribution in [0.5, 0.6) is 0 Å². The van der Waals surface area contributed by atoms with E-state index in [0.29, 0.717) is 17.2 Å². The molecule has 1 aliphatic heterocycles. The van der Waals surface area contributed by atoms with Gasteiger partial charge in [0.05, 0.1) is 11.3 Å². The monoisotopic (exact) mass is 300 g/mol. The van der Waals surface area contributed by atoms with Crippen molar-refractivity contribution in [3.05, 3.63) is 29.8 Å². The van der Waals surface area contributed by atoms with Gasteiger partial charge in [0.1, 0.15) is 0 Å². The van der Waals surface area contributed by atoms with Crippen LogP contribution in [-0.4, -0.2) is 29.8 Å². The highest BCUT2D eigenvalue weighted by atomic mass is 16.2. The van der Waals surface area contributed by atoms with Crippen molar-refractivity contribution in [3.63, 3.8) is 0 Å². The number of rotatable bonds is 3. The minimum Gasteiger partial charge on any atom is -0.339 e. The Balaban J connectivity index is 1.72. The lowest BCUT2D eigenvalue weighted by Gasteiger charge is -2.31. The van der Waals surface area contributed by atoms with E-state index in [4.69, 9.17) is 0 Å². The fraction of sp³-hybridized carbons (Fsp3) is 0.556. The smallest absolute Gasteiger partial charge is 0.255 e. The molecule has 0 aromatic heterocycles. The maximum Gasteiger partial charge on any atom is 0.255 e. The van der Waals surface area contributed by atoms with E-state index in [9.17, 15) is 9.59 Å². The van der Waals surface area contributed by atoms with Gasteiger partial charge in [-0.2, -0.15) is 0 Å². The normalized spacial score (nSPS) is 19.6. The molecule has 2 amide bonds. The number of nitrogens with one attached hydrogen (secondary N) is 1. The first-order valence-corrected chi connectivity index (χ1v) is 8.34. The van der Waals surface area contributed by atoms with E-state index < -0.39 is 0 Å². The van der Waals surface area contributed by atoms with Crippen molar-refractivity contribution in [1.82, 2.24) is 4.90 Å². The van der Waals surface area contributed by atoms with Crippen LogP contribution >= 0.6 is 0 Å². The molecular formula is C18H24N2O2. The van der Waals surface area contributed by atoms with Gasteiger partial charge in [-0.05, 0) is 43.7 Å². The Morgan fingerprint density at radius 2 is 1.77 bits per heavy atom. The van der Waals surface area contributed by atoms with Gasteiger partial charge in [0.2, 0.25) is 5.91 Å². The van der Waals surface area contributed by atoms with Crippen molar-refractivity contribution in [2.45, 2.75) is 39.0 Å². The Morgan fingerprint density at radius 1 is 1.09 bits per heavy atom. The number of para-hydroxylation sites is 1. The van der Waals surface area contributed by atoms with Crippen LogP contribution in [0.15, 0.2) is 24.3 Å². The molecule has 1 aliphatic carbocycles. The number of nitrogens with zero attached hydrogens (tertiary/aromatic N) is 1. The highest BCUT2D eigenvalue weighted by Gasteiger charge is 2.27. The van der Waals surface area contributed by atoms with Gasteiger partial charge in [-0.25, -0.2) is 0 Å². The number of anilines is 1. The van der Waals surface area contributed by atoms with E-state index in [1.165, 1.54) is 0 Å². The van der Waals surface area contributed by atoms with Crippen LogP contribution in [0.4, 0.5) is 5.69 Å². The fourth-order valence-electron chi connectivity index (χ4n) is 3.07. The molecular weight excluding hydrogens is 276 g/mol. The fourth-order valence-corrected chi connectivity index (χ4v) is 3.07. The molecule has 1 N–H and O–H groups in total. The molecule has 0 atom stereocenters. The van der Waals surface area contributed by atoms with Crippen LogP contribution in [0.1, 0.15) is 49.4 Å². The number of likely N-dealkylation sites (tertiary alicyclic amines) is 1. The molecule has 1 aromatic rings. The number of hydrogen-bond donors (Lipinski definition) is 1. The summed E-state index contributed by atoms with van der Waals surface area (Å²) in [4.78, 5) is 26.8. The highest BCUT2D eigenvalue weighted by molar-refractivity contribution is 6.04. The minimum atomic E-state index is 0.0383. The van der Waals surface area contributed by atoms with Gasteiger partial charge in [0.25, 0.3) is 5.91 Å². The Hall–Kier alpha value is -1.84. The lowest BCUT2D eigenvalue weighted by atomic mass is 9.85. The van der Waals surface area contributed by atoms with Crippen LogP contribution in [0, 0.1) is 11.8 Å². The zero-order valence-corrected chi connectivity index (χ0v) is 13.2. The van der Waals surface area contributed by atoms with E-state index in [2.05, 4.69) is 12.2 Å². The van der Waals surface area contributed by atoms with Gasteiger partial charge >= 0.3 is 0 Å². The van der Waals surface area contributed by atoms with Crippen molar-refractivity contribution in [2.75, 3.05) is 18.4 Å². The summed E-state index contributed by atoms with van der Waals surface area (Å²) in [5.41, 5.74) is 1.27. The number of amides is 2. The number of carbonyl (C=O) groups excluding carboxylic acids is 2. The largest absolute Gasteiger partial charge is 0.339 e. The van der Waals surface area contributed by atoms with Crippen LogP contribution in [0.25, 0.3) is 0 Å². The summed E-state index contributed by atoms with van der Waals surface area (Å²) in [5, 5.41) is 2.95. The second-order valence-corrected chi connectivity index (χ2v) is 6.64. The van der Waals surface area contributed by atoms with E-state index in [1.807, 2.05) is 29.2 Å². The number of carbonyl (C=O) groups is 2. The average Bonchev–Trinajstić information content (AvgIpc) is 2.46. The summed E-state index contributed by atoms with van der Waals surface area (Å²) in [6.45, 7) is 3.85. The lowest BCUT2D eigenvalue weighted by molar-refractivity contribution is -0.122. The zero-order valence-electron chi connectivity index (χ0n) is 13.2. The number of benzene rings is 1. The van der Waals surface area contributed by atoms with Crippen LogP contribution in [0.3, 0.4) is 0 Å². The van der Waals surface area contributed by atoms with Crippen molar-refractivity contribution in [1.29, 1.82) is 0 Å². The second kappa shape index (κ2) is 6.51. The van der Waals surface area contributed by atoms with Gasteiger partial charge < -0.3 is 10.2 Å². The first kappa shape index (κ1) is 15.1. The molecule has 0 radical (unpaired) electrons. The molecule has 118 valence electrons. The van der Waals surface area contributed by atoms with E-state index in [1.54, 1.807) is 0 Å². The molecule has 3 rings (SSSR count). The quantitative estimate of drug-likeness (QED) is 0.931. The maximum absolute atomic E-state index is 12.7. The average molecular weight is 300 g/mol. The van der Waals surface area contributed by atoms with Crippen molar-refractivity contribution in [2.24, 2.45) is 11.8 Å². The molecule has 22 heavy (non-hydrogen) atoms. The van der Waals surface area contributed by atoms with Crippen molar-refractivity contribution in [3.8, 4) is 0 Å². The van der Waals surface area contributed by atoms with Gasteiger partial charge in [0.15, 0.2) is 0 Å². The second-order valence-electron chi connectivity index (χ2n) is 6.64. The van der Waals surface area contributed by atoms with Gasteiger partial charge in [-0.3, -0.25) is 9.59 Å². The molecule has 0 spiro atoms. The maximum atomic E-state index is 12.7. The predicted molar refractivity (Wildman–Crippen MR) is 86.7 cm³/mol. The predicted octanol–water partition coefficient (Wildman–Crippen LogP) is 3.30. The summed E-state index contributed by atoms with van der Waals surface area (Å²) in [7, 11) is 0. The lowest BCUT2D eigenvalue weighted by Crippen LogP contribution is -2.38. The molecule has 2 fully saturated rings. The molecule has 0 unspecified atom stereocenters. The summed E-state index contributed by atoms with van der Waals surface area (Å²) < 4.78 is 0. The van der Waals surface area contributed by atoms with Gasteiger partial charge in [-0.1, -0.05) is 25.5 Å². The van der Waals surface area contributed by atoms with Crippen LogP contribution in [-0.2, 0) is 4.79 Å². The molecule has 0 bridgehead atoms. The highest BCUT2D eigenvalue weighted by Crippen LogP contribution is 2.29. The summed E-state index contributed by atoms with van der Waals surface area (Å²) >= 11 is 0. The molecule has 4 nitrogen and oxygen atoms in total. The molecule has 1 saturated carbocycles. The Labute approximate surface area is 131 Å². The van der Waals surface area contributed by atoms with Gasteiger partial charge in [0, 0.05) is 19.0 Å².